The molecule has 1 heterocycles. The Kier molecular flexibility index (Phi) is 4.70. The highest BCUT2D eigenvalue weighted by Gasteiger charge is 2.35. The Labute approximate surface area is 149 Å². The number of halogens is 3. The van der Waals surface area contributed by atoms with Gasteiger partial charge in [0.1, 0.15) is 0 Å². The summed E-state index contributed by atoms with van der Waals surface area (Å²) in [4.78, 5) is 4.23. The summed E-state index contributed by atoms with van der Waals surface area (Å²) in [7, 11) is -3.70. The van der Waals surface area contributed by atoms with Crippen molar-refractivity contribution in [3.63, 3.8) is 0 Å². The Morgan fingerprint density at radius 3 is 2.46 bits per heavy atom. The van der Waals surface area contributed by atoms with E-state index >= 15 is 0 Å². The van der Waals surface area contributed by atoms with Crippen LogP contribution in [0.5, 0.6) is 0 Å². The molecule has 2 atom stereocenters. The molecule has 1 aromatic heterocycles. The van der Waals surface area contributed by atoms with Crippen LogP contribution in [0.4, 0.5) is 18.9 Å². The van der Waals surface area contributed by atoms with Gasteiger partial charge in [0.15, 0.2) is 0 Å². The van der Waals surface area contributed by atoms with E-state index in [2.05, 4.69) is 9.71 Å². The molecule has 3 N–H and O–H groups in total. The zero-order valence-corrected chi connectivity index (χ0v) is 14.7. The minimum Gasteiger partial charge on any atom is -0.327 e. The van der Waals surface area contributed by atoms with Gasteiger partial charge in [0.2, 0.25) is 10.0 Å². The molecular weight excluding hydrogens is 367 g/mol. The largest absolute Gasteiger partial charge is 0.416 e. The fourth-order valence-corrected chi connectivity index (χ4v) is 3.26. The summed E-state index contributed by atoms with van der Waals surface area (Å²) in [6.45, 7) is 1.40. The molecule has 26 heavy (non-hydrogen) atoms. The van der Waals surface area contributed by atoms with E-state index in [0.717, 1.165) is 24.1 Å². The van der Waals surface area contributed by atoms with Gasteiger partial charge < -0.3 is 5.73 Å². The number of anilines is 1. The fraction of sp³-hybridized carbons (Fsp3) is 0.353. The first-order valence-electron chi connectivity index (χ1n) is 8.04. The summed E-state index contributed by atoms with van der Waals surface area (Å²) >= 11 is 0. The Morgan fingerprint density at radius 1 is 1.27 bits per heavy atom. The van der Waals surface area contributed by atoms with Crippen molar-refractivity contribution in [2.75, 3.05) is 10.5 Å². The third kappa shape index (κ3) is 4.16. The quantitative estimate of drug-likeness (QED) is 0.827. The van der Waals surface area contributed by atoms with Crippen LogP contribution in [-0.4, -0.2) is 25.2 Å². The first-order valence-corrected chi connectivity index (χ1v) is 9.69. The van der Waals surface area contributed by atoms with Crippen molar-refractivity contribution in [1.82, 2.24) is 4.98 Å². The number of nitrogens with two attached hydrogens (primary N) is 1. The number of hydrogen-bond donors (Lipinski definition) is 2. The molecule has 5 nitrogen and oxygen atoms in total. The molecule has 0 bridgehead atoms. The van der Waals surface area contributed by atoms with Gasteiger partial charge in [-0.3, -0.25) is 9.71 Å². The first kappa shape index (κ1) is 18.7. The molecule has 1 aromatic carbocycles. The summed E-state index contributed by atoms with van der Waals surface area (Å²) in [5, 5.41) is 0. The summed E-state index contributed by atoms with van der Waals surface area (Å²) < 4.78 is 65.2. The van der Waals surface area contributed by atoms with Gasteiger partial charge >= 0.3 is 6.18 Å². The lowest BCUT2D eigenvalue weighted by atomic mass is 10.0. The van der Waals surface area contributed by atoms with Crippen LogP contribution in [-0.2, 0) is 16.2 Å². The van der Waals surface area contributed by atoms with Crippen LogP contribution in [0, 0.1) is 0 Å². The van der Waals surface area contributed by atoms with Gasteiger partial charge in [-0.15, -0.1) is 0 Å². The third-order valence-electron chi connectivity index (χ3n) is 4.26. The number of pyridine rings is 1. The van der Waals surface area contributed by atoms with Crippen LogP contribution >= 0.6 is 0 Å². The molecule has 9 heteroatoms. The summed E-state index contributed by atoms with van der Waals surface area (Å²) in [5.74, 6) is -0.00216. The van der Waals surface area contributed by atoms with Gasteiger partial charge in [0.05, 0.1) is 17.0 Å². The van der Waals surface area contributed by atoms with E-state index in [1.54, 1.807) is 18.3 Å². The molecular formula is C17H18F3N3O2S. The SMILES string of the molecule is CCS(=O)(=O)Nc1cc(-c2ccc([C@H]3C[C@@H]3N)cn2)cc(C(F)(F)F)c1. The van der Waals surface area contributed by atoms with E-state index in [1.165, 1.54) is 13.0 Å². The Hall–Kier alpha value is -2.13. The average molecular weight is 385 g/mol. The smallest absolute Gasteiger partial charge is 0.327 e. The monoisotopic (exact) mass is 385 g/mol. The zero-order chi connectivity index (χ0) is 19.1. The third-order valence-corrected chi connectivity index (χ3v) is 5.57. The molecule has 0 amide bonds. The Morgan fingerprint density at radius 2 is 1.96 bits per heavy atom. The van der Waals surface area contributed by atoms with Crippen molar-refractivity contribution in [3.05, 3.63) is 47.7 Å². The predicted octanol–water partition coefficient (Wildman–Crippen LogP) is 3.34. The number of benzene rings is 1. The first-order chi connectivity index (χ1) is 12.1. The lowest BCUT2D eigenvalue weighted by molar-refractivity contribution is -0.137. The summed E-state index contributed by atoms with van der Waals surface area (Å²) in [6.07, 6.45) is -2.14. The van der Waals surface area contributed by atoms with Gasteiger partial charge in [-0.1, -0.05) is 6.07 Å². The minimum atomic E-state index is -4.61. The highest BCUT2D eigenvalue weighted by Crippen LogP contribution is 2.39. The van der Waals surface area contributed by atoms with Gasteiger partial charge in [0, 0.05) is 29.4 Å². The summed E-state index contributed by atoms with van der Waals surface area (Å²) in [6, 6.07) is 6.58. The van der Waals surface area contributed by atoms with Crippen molar-refractivity contribution in [2.45, 2.75) is 31.5 Å². The predicted molar refractivity (Wildman–Crippen MR) is 93.1 cm³/mol. The highest BCUT2D eigenvalue weighted by molar-refractivity contribution is 7.92. The maximum Gasteiger partial charge on any atom is 0.416 e. The molecule has 0 aliphatic heterocycles. The lowest BCUT2D eigenvalue weighted by Crippen LogP contribution is -2.15. The summed E-state index contributed by atoms with van der Waals surface area (Å²) in [5.41, 5.74) is 6.15. The van der Waals surface area contributed by atoms with E-state index in [1.807, 2.05) is 0 Å². The number of nitrogens with zero attached hydrogens (tertiary/aromatic N) is 1. The molecule has 1 aliphatic carbocycles. The van der Waals surface area contributed by atoms with Crippen molar-refractivity contribution < 1.29 is 21.6 Å². The van der Waals surface area contributed by atoms with Crippen molar-refractivity contribution >= 4 is 15.7 Å². The normalized spacial score (nSPS) is 20.0. The maximum atomic E-state index is 13.2. The second-order valence-corrected chi connectivity index (χ2v) is 8.30. The van der Waals surface area contributed by atoms with Gasteiger partial charge in [-0.25, -0.2) is 8.42 Å². The van der Waals surface area contributed by atoms with Crippen LogP contribution in [0.1, 0.15) is 30.4 Å². The number of aromatic nitrogens is 1. The minimum absolute atomic E-state index is 0.103. The lowest BCUT2D eigenvalue weighted by Gasteiger charge is -2.13. The fourth-order valence-electron chi connectivity index (χ4n) is 2.64. The zero-order valence-electron chi connectivity index (χ0n) is 13.9. The van der Waals surface area contributed by atoms with Crippen molar-refractivity contribution in [1.29, 1.82) is 0 Å². The van der Waals surface area contributed by atoms with Crippen LogP contribution in [0.15, 0.2) is 36.5 Å². The van der Waals surface area contributed by atoms with Crippen molar-refractivity contribution in [3.8, 4) is 11.3 Å². The van der Waals surface area contributed by atoms with Gasteiger partial charge in [0.25, 0.3) is 0 Å². The van der Waals surface area contributed by atoms with E-state index < -0.39 is 21.8 Å². The van der Waals surface area contributed by atoms with Crippen LogP contribution < -0.4 is 10.5 Å². The number of sulfonamides is 1. The molecule has 1 saturated carbocycles. The van der Waals surface area contributed by atoms with Gasteiger partial charge in [-0.2, -0.15) is 13.2 Å². The number of rotatable bonds is 5. The molecule has 0 unspecified atom stereocenters. The maximum absolute atomic E-state index is 13.2. The average Bonchev–Trinajstić information content (AvgIpc) is 3.30. The number of nitrogens with one attached hydrogen (secondary N) is 1. The Balaban J connectivity index is 1.99. The van der Waals surface area contributed by atoms with E-state index in [-0.39, 0.29) is 29.0 Å². The standard InChI is InChI=1S/C17H18F3N3O2S/c1-2-26(24,25)23-13-6-11(5-12(7-13)17(18,19)20)16-4-3-10(9-22-16)14-8-15(14)21/h3-7,9,14-15,23H,2,8,21H2,1H3/t14-,15+/m1/s1. The van der Waals surface area contributed by atoms with Crippen molar-refractivity contribution in [2.24, 2.45) is 5.73 Å². The van der Waals surface area contributed by atoms with Crippen LogP contribution in [0.3, 0.4) is 0 Å². The Bertz CT molecular complexity index is 912. The molecule has 2 aromatic rings. The second kappa shape index (κ2) is 6.55. The van der Waals surface area contributed by atoms with Crippen LogP contribution in [0.2, 0.25) is 0 Å². The van der Waals surface area contributed by atoms with Gasteiger partial charge in [-0.05, 0) is 43.2 Å². The van der Waals surface area contributed by atoms with E-state index in [0.29, 0.717) is 5.69 Å². The topological polar surface area (TPSA) is 85.1 Å². The molecule has 1 fully saturated rings. The molecule has 0 saturated heterocycles. The van der Waals surface area contributed by atoms with Crippen LogP contribution in [0.25, 0.3) is 11.3 Å². The molecule has 3 rings (SSSR count). The molecule has 0 radical (unpaired) electrons. The highest BCUT2D eigenvalue weighted by atomic mass is 32.2. The number of hydrogen-bond acceptors (Lipinski definition) is 4. The van der Waals surface area contributed by atoms with E-state index in [4.69, 9.17) is 5.73 Å². The second-order valence-electron chi connectivity index (χ2n) is 6.29. The molecule has 140 valence electrons. The van der Waals surface area contributed by atoms with E-state index in [9.17, 15) is 21.6 Å². The molecule has 0 spiro atoms. The number of alkyl halides is 3. The molecule has 1 aliphatic rings.